The Balaban J connectivity index is 2.07. The predicted octanol–water partition coefficient (Wildman–Crippen LogP) is 4.73. The van der Waals surface area contributed by atoms with Crippen LogP contribution in [0.4, 0.5) is 5.82 Å². The summed E-state index contributed by atoms with van der Waals surface area (Å²) in [7, 11) is 0. The Morgan fingerprint density at radius 1 is 1.53 bits per heavy atom. The fourth-order valence-corrected chi connectivity index (χ4v) is 3.24. The van der Waals surface area contributed by atoms with Crippen LogP contribution in [-0.4, -0.2) is 4.98 Å². The van der Waals surface area contributed by atoms with Crippen molar-refractivity contribution in [2.24, 2.45) is 0 Å². The molecule has 0 radical (unpaired) electrons. The maximum atomic E-state index is 5.85. The molecule has 0 aromatic carbocycles. The third-order valence-electron chi connectivity index (χ3n) is 2.44. The van der Waals surface area contributed by atoms with Gasteiger partial charge in [0.25, 0.3) is 0 Å². The van der Waals surface area contributed by atoms with E-state index < -0.39 is 0 Å². The van der Waals surface area contributed by atoms with Gasteiger partial charge in [0.1, 0.15) is 5.82 Å². The summed E-state index contributed by atoms with van der Waals surface area (Å²) in [6, 6.07) is 4.01. The molecular formula is C12H12BrClN2S. The second-order valence-corrected chi connectivity index (χ2v) is 5.85. The van der Waals surface area contributed by atoms with Crippen molar-refractivity contribution in [3.05, 3.63) is 43.6 Å². The quantitative estimate of drug-likeness (QED) is 0.875. The molecule has 0 saturated carbocycles. The van der Waals surface area contributed by atoms with Crippen molar-refractivity contribution in [1.82, 2.24) is 4.98 Å². The molecule has 90 valence electrons. The van der Waals surface area contributed by atoms with Crippen LogP contribution >= 0.6 is 38.9 Å². The van der Waals surface area contributed by atoms with Gasteiger partial charge in [-0.1, -0.05) is 18.5 Å². The van der Waals surface area contributed by atoms with Crippen molar-refractivity contribution >= 4 is 44.7 Å². The van der Waals surface area contributed by atoms with E-state index in [9.17, 15) is 0 Å². The van der Waals surface area contributed by atoms with Gasteiger partial charge in [-0.15, -0.1) is 11.3 Å². The topological polar surface area (TPSA) is 24.9 Å². The highest BCUT2D eigenvalue weighted by molar-refractivity contribution is 9.10. The Morgan fingerprint density at radius 2 is 2.35 bits per heavy atom. The smallest absolute Gasteiger partial charge is 0.140 e. The Labute approximate surface area is 118 Å². The zero-order chi connectivity index (χ0) is 12.3. The summed E-state index contributed by atoms with van der Waals surface area (Å²) in [5.74, 6) is 0.824. The van der Waals surface area contributed by atoms with Crippen LogP contribution in [0.5, 0.6) is 0 Å². The Bertz CT molecular complexity index is 513. The van der Waals surface area contributed by atoms with Crippen LogP contribution in [0.3, 0.4) is 0 Å². The number of anilines is 1. The lowest BCUT2D eigenvalue weighted by atomic mass is 10.2. The second-order valence-electron chi connectivity index (χ2n) is 3.56. The highest BCUT2D eigenvalue weighted by Gasteiger charge is 2.05. The summed E-state index contributed by atoms with van der Waals surface area (Å²) >= 11 is 11.1. The van der Waals surface area contributed by atoms with Crippen molar-refractivity contribution < 1.29 is 0 Å². The number of hydrogen-bond donors (Lipinski definition) is 1. The van der Waals surface area contributed by atoms with Crippen LogP contribution in [0.2, 0.25) is 5.02 Å². The van der Waals surface area contributed by atoms with Crippen LogP contribution in [0.25, 0.3) is 0 Å². The lowest BCUT2D eigenvalue weighted by Gasteiger charge is -2.07. The molecule has 17 heavy (non-hydrogen) atoms. The summed E-state index contributed by atoms with van der Waals surface area (Å²) < 4.78 is 0.889. The SMILES string of the molecule is CCc1ccsc1CNc1ncc(Cl)cc1Br. The van der Waals surface area contributed by atoms with Gasteiger partial charge in [0.15, 0.2) is 0 Å². The third-order valence-corrected chi connectivity index (χ3v) is 4.22. The normalized spacial score (nSPS) is 10.5. The number of nitrogens with one attached hydrogen (secondary N) is 1. The van der Waals surface area contributed by atoms with Crippen molar-refractivity contribution in [3.8, 4) is 0 Å². The van der Waals surface area contributed by atoms with Crippen LogP contribution < -0.4 is 5.32 Å². The number of thiophene rings is 1. The zero-order valence-corrected chi connectivity index (χ0v) is 12.5. The van der Waals surface area contributed by atoms with E-state index in [1.54, 1.807) is 17.5 Å². The molecule has 0 unspecified atom stereocenters. The molecule has 0 aliphatic rings. The van der Waals surface area contributed by atoms with E-state index in [1.165, 1.54) is 10.4 Å². The largest absolute Gasteiger partial charge is 0.364 e. The van der Waals surface area contributed by atoms with Gasteiger partial charge in [-0.05, 0) is 45.4 Å². The summed E-state index contributed by atoms with van der Waals surface area (Å²) in [6.45, 7) is 2.97. The lowest BCUT2D eigenvalue weighted by Crippen LogP contribution is -2.02. The molecule has 5 heteroatoms. The molecule has 0 amide bonds. The zero-order valence-electron chi connectivity index (χ0n) is 9.34. The minimum absolute atomic E-state index is 0.632. The van der Waals surface area contributed by atoms with E-state index in [1.807, 2.05) is 6.07 Å². The number of rotatable bonds is 4. The molecule has 0 saturated heterocycles. The van der Waals surface area contributed by atoms with Crippen molar-refractivity contribution in [2.45, 2.75) is 19.9 Å². The van der Waals surface area contributed by atoms with Gasteiger partial charge in [-0.3, -0.25) is 0 Å². The van der Waals surface area contributed by atoms with E-state index in [4.69, 9.17) is 11.6 Å². The average molecular weight is 332 g/mol. The van der Waals surface area contributed by atoms with Gasteiger partial charge in [-0.25, -0.2) is 4.98 Å². The maximum Gasteiger partial charge on any atom is 0.140 e. The van der Waals surface area contributed by atoms with Crippen LogP contribution in [0.15, 0.2) is 28.2 Å². The van der Waals surface area contributed by atoms with Gasteiger partial charge < -0.3 is 5.32 Å². The minimum atomic E-state index is 0.632. The Hall–Kier alpha value is -0.580. The number of aromatic nitrogens is 1. The molecule has 2 aromatic heterocycles. The van der Waals surface area contributed by atoms with Crippen molar-refractivity contribution in [2.75, 3.05) is 5.32 Å². The van der Waals surface area contributed by atoms with E-state index >= 15 is 0 Å². The fourth-order valence-electron chi connectivity index (χ4n) is 1.55. The fraction of sp³-hybridized carbons (Fsp3) is 0.250. The van der Waals surface area contributed by atoms with E-state index in [0.29, 0.717) is 5.02 Å². The molecule has 0 aliphatic carbocycles. The monoisotopic (exact) mass is 330 g/mol. The highest BCUT2D eigenvalue weighted by Crippen LogP contribution is 2.25. The van der Waals surface area contributed by atoms with Crippen LogP contribution in [0.1, 0.15) is 17.4 Å². The second kappa shape index (κ2) is 5.85. The number of aryl methyl sites for hydroxylation is 1. The lowest BCUT2D eigenvalue weighted by molar-refractivity contribution is 1.06. The first-order chi connectivity index (χ1) is 8.20. The average Bonchev–Trinajstić information content (AvgIpc) is 2.75. The van der Waals surface area contributed by atoms with E-state index in [2.05, 4.69) is 44.6 Å². The molecule has 0 spiro atoms. The van der Waals surface area contributed by atoms with Crippen LogP contribution in [-0.2, 0) is 13.0 Å². The summed E-state index contributed by atoms with van der Waals surface area (Å²) in [5.41, 5.74) is 1.40. The van der Waals surface area contributed by atoms with E-state index in [-0.39, 0.29) is 0 Å². The number of hydrogen-bond acceptors (Lipinski definition) is 3. The van der Waals surface area contributed by atoms with Crippen molar-refractivity contribution in [1.29, 1.82) is 0 Å². The molecule has 2 heterocycles. The number of pyridine rings is 1. The molecule has 2 nitrogen and oxygen atoms in total. The molecular weight excluding hydrogens is 320 g/mol. The summed E-state index contributed by atoms with van der Waals surface area (Å²) in [5, 5.41) is 6.07. The van der Waals surface area contributed by atoms with Gasteiger partial charge in [0.05, 0.1) is 16.0 Å². The Morgan fingerprint density at radius 3 is 3.06 bits per heavy atom. The Kier molecular flexibility index (Phi) is 4.42. The minimum Gasteiger partial charge on any atom is -0.364 e. The molecule has 0 atom stereocenters. The van der Waals surface area contributed by atoms with Gasteiger partial charge in [0, 0.05) is 11.1 Å². The number of halogens is 2. The van der Waals surface area contributed by atoms with Gasteiger partial charge in [0.2, 0.25) is 0 Å². The molecule has 2 rings (SSSR count). The summed E-state index contributed by atoms with van der Waals surface area (Å²) in [6.07, 6.45) is 2.71. The standard InChI is InChI=1S/C12H12BrClN2S/c1-2-8-3-4-17-11(8)7-16-12-10(13)5-9(14)6-15-12/h3-6H,2,7H2,1H3,(H,15,16). The first kappa shape index (κ1) is 12.9. The first-order valence-electron chi connectivity index (χ1n) is 5.31. The molecule has 1 N–H and O–H groups in total. The third kappa shape index (κ3) is 3.21. The molecule has 0 bridgehead atoms. The van der Waals surface area contributed by atoms with E-state index in [0.717, 1.165) is 23.3 Å². The highest BCUT2D eigenvalue weighted by atomic mass is 79.9. The van der Waals surface area contributed by atoms with Crippen molar-refractivity contribution in [3.63, 3.8) is 0 Å². The molecule has 0 aliphatic heterocycles. The molecule has 0 fully saturated rings. The first-order valence-corrected chi connectivity index (χ1v) is 7.36. The van der Waals surface area contributed by atoms with Crippen LogP contribution in [0, 0.1) is 0 Å². The predicted molar refractivity (Wildman–Crippen MR) is 78.0 cm³/mol. The van der Waals surface area contributed by atoms with Gasteiger partial charge >= 0.3 is 0 Å². The summed E-state index contributed by atoms with van der Waals surface area (Å²) in [4.78, 5) is 5.60. The molecule has 2 aromatic rings. The number of nitrogens with zero attached hydrogens (tertiary/aromatic N) is 1. The maximum absolute atomic E-state index is 5.85. The van der Waals surface area contributed by atoms with Gasteiger partial charge in [-0.2, -0.15) is 0 Å².